The standard InChI is InChI=1S/C17H19N3O4S/c1-23-17(22)19-16-18-13-7-8-20(9-14(13)25-16)10-15(21)24-11-12-5-3-2-4-6-12/h2-6H,7-11H2,1H3,(H,18,19,22). The van der Waals surface area contributed by atoms with Gasteiger partial charge in [-0.2, -0.15) is 0 Å². The quantitative estimate of drug-likeness (QED) is 0.824. The molecule has 0 fully saturated rings. The van der Waals surface area contributed by atoms with Crippen molar-refractivity contribution < 1.29 is 19.1 Å². The first kappa shape index (κ1) is 17.4. The fraction of sp³-hybridized carbons (Fsp3) is 0.353. The maximum Gasteiger partial charge on any atom is 0.413 e. The number of aromatic nitrogens is 1. The van der Waals surface area contributed by atoms with Crippen molar-refractivity contribution in [2.24, 2.45) is 0 Å². The van der Waals surface area contributed by atoms with Gasteiger partial charge in [-0.15, -0.1) is 0 Å². The molecular weight excluding hydrogens is 342 g/mol. The van der Waals surface area contributed by atoms with E-state index in [1.807, 2.05) is 35.2 Å². The fourth-order valence-corrected chi connectivity index (χ4v) is 3.58. The van der Waals surface area contributed by atoms with E-state index in [9.17, 15) is 9.59 Å². The molecule has 8 heteroatoms. The highest BCUT2D eigenvalue weighted by atomic mass is 32.1. The van der Waals surface area contributed by atoms with Crippen LogP contribution in [0.4, 0.5) is 9.93 Å². The lowest BCUT2D eigenvalue weighted by molar-refractivity contribution is -0.146. The lowest BCUT2D eigenvalue weighted by Crippen LogP contribution is -2.35. The Kier molecular flexibility index (Phi) is 5.62. The maximum atomic E-state index is 12.0. The van der Waals surface area contributed by atoms with E-state index in [1.165, 1.54) is 18.4 Å². The van der Waals surface area contributed by atoms with Gasteiger partial charge >= 0.3 is 12.1 Å². The zero-order valence-electron chi connectivity index (χ0n) is 13.9. The van der Waals surface area contributed by atoms with Gasteiger partial charge in [0, 0.05) is 24.4 Å². The summed E-state index contributed by atoms with van der Waals surface area (Å²) in [5, 5.41) is 3.10. The lowest BCUT2D eigenvalue weighted by atomic mass is 10.2. The number of hydrogen-bond acceptors (Lipinski definition) is 7. The van der Waals surface area contributed by atoms with Gasteiger partial charge in [0.25, 0.3) is 0 Å². The second-order valence-corrected chi connectivity index (χ2v) is 6.70. The number of nitrogens with one attached hydrogen (secondary N) is 1. The number of anilines is 1. The minimum atomic E-state index is -0.535. The van der Waals surface area contributed by atoms with Gasteiger partial charge in [-0.25, -0.2) is 9.78 Å². The minimum absolute atomic E-state index is 0.240. The average molecular weight is 361 g/mol. The highest BCUT2D eigenvalue weighted by Gasteiger charge is 2.23. The van der Waals surface area contributed by atoms with Gasteiger partial charge in [0.05, 0.1) is 19.3 Å². The van der Waals surface area contributed by atoms with Crippen LogP contribution in [0.25, 0.3) is 0 Å². The van der Waals surface area contributed by atoms with Gasteiger partial charge in [0.1, 0.15) is 6.61 Å². The molecule has 0 unspecified atom stereocenters. The van der Waals surface area contributed by atoms with Crippen molar-refractivity contribution in [1.29, 1.82) is 0 Å². The molecule has 0 spiro atoms. The van der Waals surface area contributed by atoms with Crippen LogP contribution in [0.15, 0.2) is 30.3 Å². The number of carbonyl (C=O) groups excluding carboxylic acids is 2. The van der Waals surface area contributed by atoms with Gasteiger partial charge in [-0.05, 0) is 5.56 Å². The van der Waals surface area contributed by atoms with E-state index in [-0.39, 0.29) is 19.1 Å². The molecule has 3 rings (SSSR count). The fourth-order valence-electron chi connectivity index (χ4n) is 2.54. The van der Waals surface area contributed by atoms with E-state index in [1.54, 1.807) is 0 Å². The summed E-state index contributed by atoms with van der Waals surface area (Å²) in [5.41, 5.74) is 1.93. The van der Waals surface area contributed by atoms with Crippen LogP contribution in [0.2, 0.25) is 0 Å². The summed E-state index contributed by atoms with van der Waals surface area (Å²) in [7, 11) is 1.31. The molecule has 1 N–H and O–H groups in total. The molecule has 0 radical (unpaired) electrons. The predicted octanol–water partition coefficient (Wildman–Crippen LogP) is 2.42. The van der Waals surface area contributed by atoms with Crippen molar-refractivity contribution >= 4 is 28.5 Å². The van der Waals surface area contributed by atoms with E-state index in [4.69, 9.17) is 4.74 Å². The highest BCUT2D eigenvalue weighted by Crippen LogP contribution is 2.28. The minimum Gasteiger partial charge on any atom is -0.460 e. The summed E-state index contributed by atoms with van der Waals surface area (Å²) in [6.07, 6.45) is 0.202. The summed E-state index contributed by atoms with van der Waals surface area (Å²) in [6, 6.07) is 9.61. The van der Waals surface area contributed by atoms with Gasteiger partial charge < -0.3 is 9.47 Å². The number of amides is 1. The van der Waals surface area contributed by atoms with Crippen LogP contribution in [0.1, 0.15) is 16.1 Å². The van der Waals surface area contributed by atoms with Crippen LogP contribution in [0, 0.1) is 0 Å². The van der Waals surface area contributed by atoms with E-state index < -0.39 is 6.09 Å². The zero-order valence-corrected chi connectivity index (χ0v) is 14.7. The molecule has 0 bridgehead atoms. The summed E-state index contributed by atoms with van der Waals surface area (Å²) in [6.45, 7) is 1.88. The number of carbonyl (C=O) groups is 2. The Morgan fingerprint density at radius 2 is 2.12 bits per heavy atom. The third kappa shape index (κ3) is 4.77. The molecule has 1 aromatic heterocycles. The number of nitrogens with zero attached hydrogens (tertiary/aromatic N) is 2. The average Bonchev–Trinajstić information content (AvgIpc) is 3.02. The van der Waals surface area contributed by atoms with Crippen molar-refractivity contribution in [2.45, 2.75) is 19.6 Å². The first-order chi connectivity index (χ1) is 12.1. The smallest absolute Gasteiger partial charge is 0.413 e. The van der Waals surface area contributed by atoms with Crippen LogP contribution in [0.3, 0.4) is 0 Å². The van der Waals surface area contributed by atoms with Crippen LogP contribution >= 0.6 is 11.3 Å². The Labute approximate surface area is 149 Å². The number of esters is 1. The summed E-state index contributed by atoms with van der Waals surface area (Å²) >= 11 is 1.40. The van der Waals surface area contributed by atoms with Gasteiger partial charge in [-0.1, -0.05) is 41.7 Å². The molecule has 7 nitrogen and oxygen atoms in total. The van der Waals surface area contributed by atoms with Crippen molar-refractivity contribution in [1.82, 2.24) is 9.88 Å². The van der Waals surface area contributed by atoms with Gasteiger partial charge in [0.15, 0.2) is 5.13 Å². The summed E-state index contributed by atoms with van der Waals surface area (Å²) < 4.78 is 9.89. The number of hydrogen-bond donors (Lipinski definition) is 1. The predicted molar refractivity (Wildman–Crippen MR) is 93.4 cm³/mol. The molecule has 0 saturated heterocycles. The molecule has 132 valence electrons. The van der Waals surface area contributed by atoms with E-state index in [0.29, 0.717) is 11.7 Å². The number of fused-ring (bicyclic) bond motifs is 1. The number of rotatable bonds is 5. The molecule has 0 atom stereocenters. The molecule has 1 aliphatic heterocycles. The zero-order chi connectivity index (χ0) is 17.6. The Balaban J connectivity index is 1.50. The molecule has 0 saturated carbocycles. The van der Waals surface area contributed by atoms with E-state index >= 15 is 0 Å². The highest BCUT2D eigenvalue weighted by molar-refractivity contribution is 7.15. The van der Waals surface area contributed by atoms with Gasteiger partial charge in [0.2, 0.25) is 0 Å². The van der Waals surface area contributed by atoms with Crippen molar-refractivity contribution in [3.63, 3.8) is 0 Å². The van der Waals surface area contributed by atoms with Crippen molar-refractivity contribution in [2.75, 3.05) is 25.5 Å². The molecule has 1 amide bonds. The SMILES string of the molecule is COC(=O)Nc1nc2c(s1)CN(CC(=O)OCc1ccccc1)CC2. The van der Waals surface area contributed by atoms with Crippen molar-refractivity contribution in [3.05, 3.63) is 46.5 Å². The number of thiazole rings is 1. The normalized spacial score (nSPS) is 13.8. The summed E-state index contributed by atoms with van der Waals surface area (Å²) in [4.78, 5) is 30.8. The molecule has 25 heavy (non-hydrogen) atoms. The number of methoxy groups -OCH3 is 1. The Bertz CT molecular complexity index is 748. The Morgan fingerprint density at radius 1 is 1.32 bits per heavy atom. The summed E-state index contributed by atoms with van der Waals surface area (Å²) in [5.74, 6) is -0.246. The largest absolute Gasteiger partial charge is 0.460 e. The Morgan fingerprint density at radius 3 is 2.88 bits per heavy atom. The lowest BCUT2D eigenvalue weighted by Gasteiger charge is -2.24. The van der Waals surface area contributed by atoms with Gasteiger partial charge in [-0.3, -0.25) is 15.0 Å². The molecule has 1 aliphatic rings. The molecule has 2 heterocycles. The van der Waals surface area contributed by atoms with Crippen LogP contribution < -0.4 is 5.32 Å². The number of benzene rings is 1. The third-order valence-electron chi connectivity index (χ3n) is 3.80. The maximum absolute atomic E-state index is 12.0. The second kappa shape index (κ2) is 8.09. The van der Waals surface area contributed by atoms with Crippen LogP contribution in [-0.4, -0.2) is 42.1 Å². The van der Waals surface area contributed by atoms with E-state index in [0.717, 1.165) is 29.1 Å². The van der Waals surface area contributed by atoms with Crippen molar-refractivity contribution in [3.8, 4) is 0 Å². The number of ether oxygens (including phenoxy) is 2. The molecule has 0 aliphatic carbocycles. The first-order valence-electron chi connectivity index (χ1n) is 7.89. The van der Waals surface area contributed by atoms with Crippen LogP contribution in [-0.2, 0) is 33.8 Å². The Hall–Kier alpha value is -2.45. The first-order valence-corrected chi connectivity index (χ1v) is 8.71. The second-order valence-electron chi connectivity index (χ2n) is 5.61. The monoisotopic (exact) mass is 361 g/mol. The molecule has 2 aromatic rings. The topological polar surface area (TPSA) is 80.8 Å². The van der Waals surface area contributed by atoms with Crippen LogP contribution in [0.5, 0.6) is 0 Å². The molecule has 1 aromatic carbocycles. The third-order valence-corrected chi connectivity index (χ3v) is 4.80. The molecular formula is C17H19N3O4S. The van der Waals surface area contributed by atoms with E-state index in [2.05, 4.69) is 15.0 Å².